The van der Waals surface area contributed by atoms with Crippen molar-refractivity contribution in [2.75, 3.05) is 13.7 Å². The van der Waals surface area contributed by atoms with Crippen LogP contribution in [0.4, 0.5) is 0 Å². The summed E-state index contributed by atoms with van der Waals surface area (Å²) in [7, 11) is 1.39. The van der Waals surface area contributed by atoms with E-state index in [9.17, 15) is 4.79 Å². The number of rotatable bonds is 3. The lowest BCUT2D eigenvalue weighted by Crippen LogP contribution is -2.31. The monoisotopic (exact) mass is 222 g/mol. The van der Waals surface area contributed by atoms with E-state index in [0.29, 0.717) is 18.8 Å². The van der Waals surface area contributed by atoms with Crippen LogP contribution in [0.5, 0.6) is 5.88 Å². The third-order valence-corrected chi connectivity index (χ3v) is 2.50. The van der Waals surface area contributed by atoms with Crippen molar-refractivity contribution in [2.45, 2.75) is 18.6 Å². The van der Waals surface area contributed by atoms with Crippen LogP contribution < -0.4 is 10.1 Å². The second-order valence-electron chi connectivity index (χ2n) is 3.63. The molecule has 1 aromatic heterocycles. The maximum Gasteiger partial charge on any atom is 0.323 e. The van der Waals surface area contributed by atoms with Gasteiger partial charge in [0.2, 0.25) is 5.88 Å². The molecule has 16 heavy (non-hydrogen) atoms. The van der Waals surface area contributed by atoms with Crippen LogP contribution in [0.3, 0.4) is 0 Å². The number of methoxy groups -OCH3 is 1. The molecular weight excluding hydrogens is 208 g/mol. The number of nitrogens with zero attached hydrogens (tertiary/aromatic N) is 1. The van der Waals surface area contributed by atoms with Crippen molar-refractivity contribution in [1.82, 2.24) is 10.3 Å². The van der Waals surface area contributed by atoms with Crippen molar-refractivity contribution < 1.29 is 14.3 Å². The molecule has 0 saturated carbocycles. The van der Waals surface area contributed by atoms with Gasteiger partial charge in [-0.1, -0.05) is 6.07 Å². The molecule has 1 aromatic rings. The predicted molar refractivity (Wildman–Crippen MR) is 57.1 cm³/mol. The molecule has 0 aliphatic carbocycles. The molecule has 0 bridgehead atoms. The summed E-state index contributed by atoms with van der Waals surface area (Å²) in [5, 5.41) is 3.05. The molecule has 86 valence electrons. The molecule has 1 saturated heterocycles. The molecule has 5 nitrogen and oxygen atoms in total. The Morgan fingerprint density at radius 1 is 1.56 bits per heavy atom. The van der Waals surface area contributed by atoms with Crippen LogP contribution in [-0.2, 0) is 9.53 Å². The number of carbonyl (C=O) groups is 1. The molecular formula is C11H14N2O3. The molecule has 0 amide bonds. The molecule has 1 aliphatic rings. The van der Waals surface area contributed by atoms with E-state index in [-0.39, 0.29) is 18.1 Å². The van der Waals surface area contributed by atoms with E-state index in [2.05, 4.69) is 15.0 Å². The van der Waals surface area contributed by atoms with E-state index in [1.807, 2.05) is 12.1 Å². The molecule has 0 unspecified atom stereocenters. The van der Waals surface area contributed by atoms with Gasteiger partial charge in [-0.25, -0.2) is 4.98 Å². The summed E-state index contributed by atoms with van der Waals surface area (Å²) in [6.45, 7) is 0.635. The first kappa shape index (κ1) is 10.9. The number of ether oxygens (including phenoxy) is 2. The highest BCUT2D eigenvalue weighted by Gasteiger charge is 2.31. The van der Waals surface area contributed by atoms with Gasteiger partial charge in [0.15, 0.2) is 0 Å². The topological polar surface area (TPSA) is 60.5 Å². The second kappa shape index (κ2) is 4.94. The van der Waals surface area contributed by atoms with E-state index in [0.717, 1.165) is 0 Å². The fourth-order valence-corrected chi connectivity index (χ4v) is 1.70. The summed E-state index contributed by atoms with van der Waals surface area (Å²) in [6, 6.07) is 5.23. The van der Waals surface area contributed by atoms with E-state index in [1.165, 1.54) is 7.11 Å². The van der Waals surface area contributed by atoms with Crippen molar-refractivity contribution in [3.63, 3.8) is 0 Å². The first-order valence-corrected chi connectivity index (χ1v) is 5.18. The Bertz CT molecular complexity index is 356. The number of nitrogens with one attached hydrogen (secondary N) is 1. The van der Waals surface area contributed by atoms with Crippen molar-refractivity contribution in [1.29, 1.82) is 0 Å². The Balaban J connectivity index is 1.88. The summed E-state index contributed by atoms with van der Waals surface area (Å²) in [5.41, 5.74) is 0. The van der Waals surface area contributed by atoms with Crippen LogP contribution in [0.2, 0.25) is 0 Å². The van der Waals surface area contributed by atoms with Gasteiger partial charge in [0.25, 0.3) is 0 Å². The normalized spacial score (nSPS) is 24.1. The van der Waals surface area contributed by atoms with Crippen molar-refractivity contribution in [3.8, 4) is 5.88 Å². The van der Waals surface area contributed by atoms with Crippen LogP contribution in [-0.4, -0.2) is 36.8 Å². The molecule has 2 rings (SSSR count). The van der Waals surface area contributed by atoms with E-state index in [4.69, 9.17) is 4.74 Å². The molecule has 2 atom stereocenters. The van der Waals surface area contributed by atoms with E-state index >= 15 is 0 Å². The minimum atomic E-state index is -0.265. The SMILES string of the molecule is COC(=O)[C@@H]1C[C@@H](Oc2ccccn2)CN1. The summed E-state index contributed by atoms with van der Waals surface area (Å²) in [4.78, 5) is 15.3. The van der Waals surface area contributed by atoms with E-state index in [1.54, 1.807) is 12.3 Å². The molecule has 1 fully saturated rings. The minimum Gasteiger partial charge on any atom is -0.473 e. The first-order valence-electron chi connectivity index (χ1n) is 5.18. The van der Waals surface area contributed by atoms with Gasteiger partial charge >= 0.3 is 5.97 Å². The highest BCUT2D eigenvalue weighted by molar-refractivity contribution is 5.76. The molecule has 0 spiro atoms. The van der Waals surface area contributed by atoms with Crippen LogP contribution in [0.15, 0.2) is 24.4 Å². The summed E-state index contributed by atoms with van der Waals surface area (Å²) in [5.74, 6) is 0.340. The predicted octanol–water partition coefficient (Wildman–Crippen LogP) is 0.364. The third-order valence-electron chi connectivity index (χ3n) is 2.50. The quantitative estimate of drug-likeness (QED) is 0.748. The third kappa shape index (κ3) is 2.49. The smallest absolute Gasteiger partial charge is 0.323 e. The standard InChI is InChI=1S/C11H14N2O3/c1-15-11(14)9-6-8(7-13-9)16-10-4-2-3-5-12-10/h2-5,8-9,13H,6-7H2,1H3/t8-,9+/m1/s1. The van der Waals surface area contributed by atoms with Gasteiger partial charge in [0.1, 0.15) is 12.1 Å². The Morgan fingerprint density at radius 2 is 2.44 bits per heavy atom. The number of hydrogen-bond acceptors (Lipinski definition) is 5. The molecule has 2 heterocycles. The average molecular weight is 222 g/mol. The van der Waals surface area contributed by atoms with Crippen molar-refractivity contribution in [3.05, 3.63) is 24.4 Å². The Labute approximate surface area is 93.8 Å². The first-order chi connectivity index (χ1) is 7.79. The summed E-state index contributed by atoms with van der Waals surface area (Å²) in [6.07, 6.45) is 2.26. The molecule has 0 radical (unpaired) electrons. The largest absolute Gasteiger partial charge is 0.473 e. The minimum absolute atomic E-state index is 0.0287. The van der Waals surface area contributed by atoms with Gasteiger partial charge in [0, 0.05) is 25.2 Å². The Kier molecular flexibility index (Phi) is 3.36. The lowest BCUT2D eigenvalue weighted by Gasteiger charge is -2.11. The van der Waals surface area contributed by atoms with Crippen molar-refractivity contribution >= 4 is 5.97 Å². The van der Waals surface area contributed by atoms with Gasteiger partial charge in [-0.05, 0) is 6.07 Å². The van der Waals surface area contributed by atoms with Crippen LogP contribution in [0, 0.1) is 0 Å². The van der Waals surface area contributed by atoms with Crippen LogP contribution >= 0.6 is 0 Å². The highest BCUT2D eigenvalue weighted by Crippen LogP contribution is 2.15. The number of aromatic nitrogens is 1. The van der Waals surface area contributed by atoms with Gasteiger partial charge in [-0.3, -0.25) is 4.79 Å². The van der Waals surface area contributed by atoms with E-state index < -0.39 is 0 Å². The summed E-state index contributed by atoms with van der Waals surface area (Å²) < 4.78 is 10.3. The fraction of sp³-hybridized carbons (Fsp3) is 0.455. The van der Waals surface area contributed by atoms with Crippen LogP contribution in [0.1, 0.15) is 6.42 Å². The summed E-state index contributed by atoms with van der Waals surface area (Å²) >= 11 is 0. The molecule has 1 N–H and O–H groups in total. The molecule has 1 aliphatic heterocycles. The van der Waals surface area contributed by atoms with Crippen LogP contribution in [0.25, 0.3) is 0 Å². The number of hydrogen-bond donors (Lipinski definition) is 1. The van der Waals surface area contributed by atoms with Gasteiger partial charge in [-0.15, -0.1) is 0 Å². The zero-order chi connectivity index (χ0) is 11.4. The average Bonchev–Trinajstić information content (AvgIpc) is 2.78. The molecule has 5 heteroatoms. The number of carbonyl (C=O) groups excluding carboxylic acids is 1. The lowest BCUT2D eigenvalue weighted by atomic mass is 10.2. The maximum atomic E-state index is 11.3. The Morgan fingerprint density at radius 3 is 3.12 bits per heavy atom. The Hall–Kier alpha value is -1.62. The highest BCUT2D eigenvalue weighted by atomic mass is 16.5. The zero-order valence-corrected chi connectivity index (χ0v) is 9.05. The van der Waals surface area contributed by atoms with Gasteiger partial charge < -0.3 is 14.8 Å². The molecule has 0 aromatic carbocycles. The zero-order valence-electron chi connectivity index (χ0n) is 9.05. The fourth-order valence-electron chi connectivity index (χ4n) is 1.70. The van der Waals surface area contributed by atoms with Crippen molar-refractivity contribution in [2.24, 2.45) is 0 Å². The number of pyridine rings is 1. The second-order valence-corrected chi connectivity index (χ2v) is 3.63. The maximum absolute atomic E-state index is 11.3. The van der Waals surface area contributed by atoms with Gasteiger partial charge in [-0.2, -0.15) is 0 Å². The lowest BCUT2D eigenvalue weighted by molar-refractivity contribution is -0.142. The van der Waals surface area contributed by atoms with Gasteiger partial charge in [0.05, 0.1) is 7.11 Å². The number of esters is 1.